The molecule has 1 aliphatic heterocycles. The molecule has 3 nitrogen and oxygen atoms in total. The largest absolute Gasteiger partial charge is 0.348 e. The first-order chi connectivity index (χ1) is 12.6. The van der Waals surface area contributed by atoms with E-state index in [2.05, 4.69) is 44.9 Å². The second kappa shape index (κ2) is 9.46. The van der Waals surface area contributed by atoms with Crippen molar-refractivity contribution in [3.63, 3.8) is 0 Å². The first kappa shape index (κ1) is 19.3. The quantitative estimate of drug-likeness (QED) is 0.646. The standard InChI is InChI=1S/C21H24FIN2O/c22-18-8-9-20(23)19(13-18)21(26)24-14-16-6-5-7-17(12-16)15-25-10-3-1-2-4-11-25/h5-9,12-13H,1-4,10-11,14-15H2,(H,24,26). The fourth-order valence-corrected chi connectivity index (χ4v) is 3.92. The first-order valence-corrected chi connectivity index (χ1v) is 10.2. The molecule has 1 N–H and O–H groups in total. The molecule has 0 bridgehead atoms. The maximum absolute atomic E-state index is 13.4. The molecule has 0 radical (unpaired) electrons. The van der Waals surface area contributed by atoms with Crippen LogP contribution in [-0.2, 0) is 13.1 Å². The Kier molecular flexibility index (Phi) is 7.02. The lowest BCUT2D eigenvalue weighted by atomic mass is 10.1. The van der Waals surface area contributed by atoms with Crippen LogP contribution in [-0.4, -0.2) is 23.9 Å². The van der Waals surface area contributed by atoms with Gasteiger partial charge in [0.15, 0.2) is 0 Å². The average Bonchev–Trinajstić information content (AvgIpc) is 2.91. The monoisotopic (exact) mass is 466 g/mol. The van der Waals surface area contributed by atoms with Crippen LogP contribution in [0.2, 0.25) is 0 Å². The summed E-state index contributed by atoms with van der Waals surface area (Å²) in [5.74, 6) is -0.637. The van der Waals surface area contributed by atoms with Crippen molar-refractivity contribution < 1.29 is 9.18 Å². The number of nitrogens with zero attached hydrogens (tertiary/aromatic N) is 1. The van der Waals surface area contributed by atoms with E-state index in [9.17, 15) is 9.18 Å². The van der Waals surface area contributed by atoms with Gasteiger partial charge < -0.3 is 5.32 Å². The highest BCUT2D eigenvalue weighted by Crippen LogP contribution is 2.16. The number of hydrogen-bond donors (Lipinski definition) is 1. The molecule has 138 valence electrons. The third-order valence-corrected chi connectivity index (χ3v) is 5.66. The van der Waals surface area contributed by atoms with Crippen molar-refractivity contribution in [3.05, 3.63) is 68.5 Å². The lowest BCUT2D eigenvalue weighted by molar-refractivity contribution is 0.0949. The maximum Gasteiger partial charge on any atom is 0.252 e. The van der Waals surface area contributed by atoms with E-state index in [0.29, 0.717) is 12.1 Å². The zero-order chi connectivity index (χ0) is 18.4. The van der Waals surface area contributed by atoms with E-state index in [1.165, 1.54) is 56.5 Å². The van der Waals surface area contributed by atoms with Crippen molar-refractivity contribution >= 4 is 28.5 Å². The smallest absolute Gasteiger partial charge is 0.252 e. The summed E-state index contributed by atoms with van der Waals surface area (Å²) < 4.78 is 14.1. The molecular weight excluding hydrogens is 442 g/mol. The normalized spacial score (nSPS) is 15.5. The zero-order valence-electron chi connectivity index (χ0n) is 14.8. The Bertz CT molecular complexity index is 757. The van der Waals surface area contributed by atoms with Crippen LogP contribution in [0.1, 0.15) is 47.2 Å². The van der Waals surface area contributed by atoms with Gasteiger partial charge in [0.05, 0.1) is 5.56 Å². The Balaban J connectivity index is 1.59. The molecular formula is C21H24FIN2O. The van der Waals surface area contributed by atoms with Gasteiger partial charge in [0.1, 0.15) is 5.82 Å². The minimum atomic E-state index is -0.394. The molecule has 5 heteroatoms. The van der Waals surface area contributed by atoms with E-state index >= 15 is 0 Å². The predicted molar refractivity (Wildman–Crippen MR) is 110 cm³/mol. The summed E-state index contributed by atoms with van der Waals surface area (Å²) >= 11 is 2.05. The summed E-state index contributed by atoms with van der Waals surface area (Å²) in [6, 6.07) is 12.6. The van der Waals surface area contributed by atoms with Gasteiger partial charge in [-0.05, 0) is 77.8 Å². The molecule has 0 saturated carbocycles. The topological polar surface area (TPSA) is 32.3 Å². The van der Waals surface area contributed by atoms with Gasteiger partial charge in [-0.25, -0.2) is 4.39 Å². The van der Waals surface area contributed by atoms with E-state index in [1.807, 2.05) is 12.1 Å². The summed E-state index contributed by atoms with van der Waals surface area (Å²) in [6.07, 6.45) is 5.23. The molecule has 1 amide bonds. The van der Waals surface area contributed by atoms with Crippen molar-refractivity contribution in [2.75, 3.05) is 13.1 Å². The Morgan fingerprint density at radius 1 is 1.04 bits per heavy atom. The summed E-state index contributed by atoms with van der Waals surface area (Å²) in [4.78, 5) is 14.9. The summed E-state index contributed by atoms with van der Waals surface area (Å²) in [5.41, 5.74) is 2.72. The molecule has 0 unspecified atom stereocenters. The minimum absolute atomic E-state index is 0.244. The third-order valence-electron chi connectivity index (χ3n) is 4.72. The summed E-state index contributed by atoms with van der Waals surface area (Å²) in [6.45, 7) is 3.74. The van der Waals surface area contributed by atoms with E-state index in [-0.39, 0.29) is 5.91 Å². The van der Waals surface area contributed by atoms with Crippen molar-refractivity contribution in [1.29, 1.82) is 0 Å². The van der Waals surface area contributed by atoms with Crippen molar-refractivity contribution in [3.8, 4) is 0 Å². The summed E-state index contributed by atoms with van der Waals surface area (Å²) in [5, 5.41) is 2.90. The number of carbonyl (C=O) groups is 1. The predicted octanol–water partition coefficient (Wildman–Crippen LogP) is 4.74. The fourth-order valence-electron chi connectivity index (χ4n) is 3.34. The number of likely N-dealkylation sites (tertiary alicyclic amines) is 1. The fraction of sp³-hybridized carbons (Fsp3) is 0.381. The first-order valence-electron chi connectivity index (χ1n) is 9.15. The van der Waals surface area contributed by atoms with Crippen LogP contribution in [0.15, 0.2) is 42.5 Å². The van der Waals surface area contributed by atoms with Crippen molar-refractivity contribution in [2.24, 2.45) is 0 Å². The van der Waals surface area contributed by atoms with Crippen LogP contribution in [0.4, 0.5) is 4.39 Å². The number of nitrogens with one attached hydrogen (secondary N) is 1. The van der Waals surface area contributed by atoms with Gasteiger partial charge in [-0.2, -0.15) is 0 Å². The number of rotatable bonds is 5. The van der Waals surface area contributed by atoms with Crippen molar-refractivity contribution in [2.45, 2.75) is 38.8 Å². The molecule has 1 fully saturated rings. The van der Waals surface area contributed by atoms with Gasteiger partial charge in [-0.1, -0.05) is 37.1 Å². The number of hydrogen-bond acceptors (Lipinski definition) is 2. The van der Waals surface area contributed by atoms with Crippen LogP contribution in [0.5, 0.6) is 0 Å². The van der Waals surface area contributed by atoms with Crippen LogP contribution in [0.3, 0.4) is 0 Å². The highest BCUT2D eigenvalue weighted by atomic mass is 127. The minimum Gasteiger partial charge on any atom is -0.348 e. The zero-order valence-corrected chi connectivity index (χ0v) is 17.0. The number of benzene rings is 2. The Hall–Kier alpha value is -1.47. The number of carbonyl (C=O) groups excluding carboxylic acids is 1. The highest BCUT2D eigenvalue weighted by molar-refractivity contribution is 14.1. The second-order valence-corrected chi connectivity index (χ2v) is 7.98. The lowest BCUT2D eigenvalue weighted by Gasteiger charge is -2.20. The second-order valence-electron chi connectivity index (χ2n) is 6.82. The molecule has 0 aromatic heterocycles. The van der Waals surface area contributed by atoms with Gasteiger partial charge >= 0.3 is 0 Å². The molecule has 1 heterocycles. The van der Waals surface area contributed by atoms with Gasteiger partial charge in [-0.3, -0.25) is 9.69 Å². The molecule has 3 rings (SSSR count). The SMILES string of the molecule is O=C(NCc1cccc(CN2CCCCCC2)c1)c1cc(F)ccc1I. The molecule has 0 atom stereocenters. The maximum atomic E-state index is 13.4. The van der Waals surface area contributed by atoms with Crippen LogP contribution < -0.4 is 5.32 Å². The van der Waals surface area contributed by atoms with Gasteiger partial charge in [0.25, 0.3) is 5.91 Å². The van der Waals surface area contributed by atoms with Crippen LogP contribution in [0, 0.1) is 9.39 Å². The average molecular weight is 466 g/mol. The van der Waals surface area contributed by atoms with Crippen LogP contribution >= 0.6 is 22.6 Å². The molecule has 26 heavy (non-hydrogen) atoms. The molecule has 0 spiro atoms. The highest BCUT2D eigenvalue weighted by Gasteiger charge is 2.12. The van der Waals surface area contributed by atoms with Crippen LogP contribution in [0.25, 0.3) is 0 Å². The Morgan fingerprint density at radius 3 is 2.54 bits per heavy atom. The van der Waals surface area contributed by atoms with E-state index in [0.717, 1.165) is 15.7 Å². The number of halogens is 2. The molecule has 1 aliphatic rings. The van der Waals surface area contributed by atoms with E-state index in [1.54, 1.807) is 6.07 Å². The molecule has 0 aliphatic carbocycles. The number of amides is 1. The Morgan fingerprint density at radius 2 is 1.77 bits per heavy atom. The van der Waals surface area contributed by atoms with Gasteiger partial charge in [0.2, 0.25) is 0 Å². The third kappa shape index (κ3) is 5.51. The summed E-state index contributed by atoms with van der Waals surface area (Å²) in [7, 11) is 0. The lowest BCUT2D eigenvalue weighted by Crippen LogP contribution is -2.25. The van der Waals surface area contributed by atoms with E-state index in [4.69, 9.17) is 0 Å². The van der Waals surface area contributed by atoms with Gasteiger partial charge in [0, 0.05) is 16.7 Å². The molecule has 2 aromatic rings. The Labute approximate surface area is 168 Å². The van der Waals surface area contributed by atoms with E-state index < -0.39 is 5.82 Å². The molecule has 2 aromatic carbocycles. The van der Waals surface area contributed by atoms with Gasteiger partial charge in [-0.15, -0.1) is 0 Å². The molecule has 1 saturated heterocycles. The van der Waals surface area contributed by atoms with Crippen molar-refractivity contribution in [1.82, 2.24) is 10.2 Å².